The summed E-state index contributed by atoms with van der Waals surface area (Å²) in [5.41, 5.74) is 0. The van der Waals surface area contributed by atoms with Crippen molar-refractivity contribution in [1.82, 2.24) is 0 Å². The highest BCUT2D eigenvalue weighted by Gasteiger charge is 2.09. The van der Waals surface area contributed by atoms with Crippen LogP contribution in [0.5, 0.6) is 0 Å². The summed E-state index contributed by atoms with van der Waals surface area (Å²) in [6.07, 6.45) is -0.252. The van der Waals surface area contributed by atoms with E-state index in [0.29, 0.717) is 0 Å². The maximum Gasteiger partial charge on any atom is 0.341 e. The highest BCUT2D eigenvalue weighted by molar-refractivity contribution is 5.79. The Morgan fingerprint density at radius 2 is 1.57 bits per heavy atom. The van der Waals surface area contributed by atoms with Gasteiger partial charge in [-0.2, -0.15) is 0 Å². The van der Waals surface area contributed by atoms with Crippen molar-refractivity contribution in [2.24, 2.45) is 0 Å². The molecule has 6 nitrogen and oxygen atoms in total. The van der Waals surface area contributed by atoms with Crippen molar-refractivity contribution in [3.05, 3.63) is 0 Å². The standard InChI is InChI=1S/C8H12O6/c1-2-13-7(11)3-4-8(12)14-5-6(9)10/h2-5H2,1H3,(H,9,10). The third-order valence-electron chi connectivity index (χ3n) is 1.20. The molecule has 1 N–H and O–H groups in total. The fraction of sp³-hybridized carbons (Fsp3) is 0.625. The van der Waals surface area contributed by atoms with Crippen LogP contribution in [0.4, 0.5) is 0 Å². The molecule has 0 aliphatic carbocycles. The smallest absolute Gasteiger partial charge is 0.341 e. The molecule has 0 saturated heterocycles. The summed E-state index contributed by atoms with van der Waals surface area (Å²) in [5, 5.41) is 8.16. The Hall–Kier alpha value is -1.59. The number of carboxylic acid groups (broad SMARTS) is 1. The van der Waals surface area contributed by atoms with Gasteiger partial charge in [0.05, 0.1) is 19.4 Å². The zero-order valence-electron chi connectivity index (χ0n) is 7.82. The molecule has 0 rings (SSSR count). The van der Waals surface area contributed by atoms with Gasteiger partial charge in [0.2, 0.25) is 0 Å². The molecular weight excluding hydrogens is 192 g/mol. The number of esters is 2. The van der Waals surface area contributed by atoms with E-state index in [1.807, 2.05) is 0 Å². The Morgan fingerprint density at radius 1 is 1.07 bits per heavy atom. The van der Waals surface area contributed by atoms with E-state index in [1.165, 1.54) is 0 Å². The number of carboxylic acids is 1. The van der Waals surface area contributed by atoms with Crippen molar-refractivity contribution in [3.8, 4) is 0 Å². The molecule has 0 heterocycles. The molecule has 14 heavy (non-hydrogen) atoms. The van der Waals surface area contributed by atoms with Crippen LogP contribution in [0.15, 0.2) is 0 Å². The summed E-state index contributed by atoms with van der Waals surface area (Å²) in [6, 6.07) is 0. The molecule has 0 bridgehead atoms. The molecule has 0 aromatic heterocycles. The first-order chi connectivity index (χ1) is 6.56. The van der Waals surface area contributed by atoms with E-state index in [9.17, 15) is 14.4 Å². The highest BCUT2D eigenvalue weighted by atomic mass is 16.6. The third kappa shape index (κ3) is 7.08. The van der Waals surface area contributed by atoms with E-state index in [2.05, 4.69) is 9.47 Å². The minimum absolute atomic E-state index is 0.0910. The zero-order valence-corrected chi connectivity index (χ0v) is 7.82. The molecule has 0 atom stereocenters. The average molecular weight is 204 g/mol. The van der Waals surface area contributed by atoms with Crippen LogP contribution < -0.4 is 0 Å². The summed E-state index contributed by atoms with van der Waals surface area (Å²) in [4.78, 5) is 31.5. The Morgan fingerprint density at radius 3 is 2.00 bits per heavy atom. The van der Waals surface area contributed by atoms with Crippen LogP contribution in [-0.4, -0.2) is 36.2 Å². The first-order valence-corrected chi connectivity index (χ1v) is 4.09. The molecular formula is C8H12O6. The molecule has 0 aromatic rings. The van der Waals surface area contributed by atoms with Crippen LogP contribution in [0, 0.1) is 0 Å². The second-order valence-corrected chi connectivity index (χ2v) is 2.36. The van der Waals surface area contributed by atoms with Gasteiger partial charge in [-0.05, 0) is 6.92 Å². The Labute approximate surface area is 80.8 Å². The minimum Gasteiger partial charge on any atom is -0.479 e. The summed E-state index contributed by atoms with van der Waals surface area (Å²) in [5.74, 6) is -2.45. The molecule has 0 radical (unpaired) electrons. The van der Waals surface area contributed by atoms with Crippen LogP contribution >= 0.6 is 0 Å². The van der Waals surface area contributed by atoms with Gasteiger partial charge < -0.3 is 14.6 Å². The van der Waals surface area contributed by atoms with Gasteiger partial charge >= 0.3 is 17.9 Å². The Kier molecular flexibility index (Phi) is 6.09. The second kappa shape index (κ2) is 6.88. The molecule has 0 unspecified atom stereocenters. The van der Waals surface area contributed by atoms with Crippen molar-refractivity contribution in [2.75, 3.05) is 13.2 Å². The lowest BCUT2D eigenvalue weighted by molar-refractivity contribution is -0.156. The zero-order chi connectivity index (χ0) is 11.0. The second-order valence-electron chi connectivity index (χ2n) is 2.36. The normalized spacial score (nSPS) is 9.21. The van der Waals surface area contributed by atoms with Crippen molar-refractivity contribution in [1.29, 1.82) is 0 Å². The molecule has 0 aromatic carbocycles. The highest BCUT2D eigenvalue weighted by Crippen LogP contribution is 1.95. The van der Waals surface area contributed by atoms with Crippen LogP contribution in [0.25, 0.3) is 0 Å². The number of aliphatic carboxylic acids is 1. The van der Waals surface area contributed by atoms with Gasteiger partial charge in [-0.25, -0.2) is 4.79 Å². The van der Waals surface area contributed by atoms with Crippen molar-refractivity contribution in [3.63, 3.8) is 0 Å². The van der Waals surface area contributed by atoms with Crippen LogP contribution in [0.3, 0.4) is 0 Å². The molecule has 80 valence electrons. The Balaban J connectivity index is 3.53. The quantitative estimate of drug-likeness (QED) is 0.610. The molecule has 0 aliphatic rings. The molecule has 6 heteroatoms. The SMILES string of the molecule is CCOC(=O)CCC(=O)OCC(=O)O. The van der Waals surface area contributed by atoms with Gasteiger partial charge in [0.15, 0.2) is 6.61 Å². The summed E-state index contributed by atoms with van der Waals surface area (Å²) in [6.45, 7) is 1.23. The maximum atomic E-state index is 10.8. The number of carbonyl (C=O) groups excluding carboxylic acids is 2. The molecule has 0 spiro atoms. The molecule has 0 amide bonds. The summed E-state index contributed by atoms with van der Waals surface area (Å²) in [7, 11) is 0. The van der Waals surface area contributed by atoms with Gasteiger partial charge in [0, 0.05) is 0 Å². The number of hydrogen-bond donors (Lipinski definition) is 1. The predicted molar refractivity (Wildman–Crippen MR) is 44.5 cm³/mol. The molecule has 0 saturated carbocycles. The fourth-order valence-corrected chi connectivity index (χ4v) is 0.652. The maximum absolute atomic E-state index is 10.8. The Bertz CT molecular complexity index is 222. The molecule has 0 aliphatic heterocycles. The number of rotatable bonds is 6. The van der Waals surface area contributed by atoms with Gasteiger partial charge in [0.25, 0.3) is 0 Å². The summed E-state index contributed by atoms with van der Waals surface area (Å²) >= 11 is 0. The largest absolute Gasteiger partial charge is 0.479 e. The first-order valence-electron chi connectivity index (χ1n) is 4.09. The van der Waals surface area contributed by atoms with Gasteiger partial charge in [-0.15, -0.1) is 0 Å². The van der Waals surface area contributed by atoms with Crippen LogP contribution in [0.2, 0.25) is 0 Å². The predicted octanol–water partition coefficient (Wildman–Crippen LogP) is -0.0425. The van der Waals surface area contributed by atoms with Crippen molar-refractivity contribution in [2.45, 2.75) is 19.8 Å². The third-order valence-corrected chi connectivity index (χ3v) is 1.20. The average Bonchev–Trinajstić information content (AvgIpc) is 2.12. The van der Waals surface area contributed by atoms with Gasteiger partial charge in [-0.3, -0.25) is 9.59 Å². The van der Waals surface area contributed by atoms with E-state index in [4.69, 9.17) is 5.11 Å². The lowest BCUT2D eigenvalue weighted by Gasteiger charge is -2.01. The number of carbonyl (C=O) groups is 3. The first kappa shape index (κ1) is 12.4. The number of ether oxygens (including phenoxy) is 2. The van der Waals surface area contributed by atoms with Crippen molar-refractivity contribution >= 4 is 17.9 Å². The van der Waals surface area contributed by atoms with E-state index < -0.39 is 24.5 Å². The van der Waals surface area contributed by atoms with E-state index in [1.54, 1.807) is 6.92 Å². The number of hydrogen-bond acceptors (Lipinski definition) is 5. The summed E-state index contributed by atoms with van der Waals surface area (Å²) < 4.78 is 8.84. The lowest BCUT2D eigenvalue weighted by atomic mass is 10.3. The van der Waals surface area contributed by atoms with Crippen molar-refractivity contribution < 1.29 is 29.0 Å². The molecule has 0 fully saturated rings. The van der Waals surface area contributed by atoms with Crippen LogP contribution in [-0.2, 0) is 23.9 Å². The van der Waals surface area contributed by atoms with Gasteiger partial charge in [0.1, 0.15) is 0 Å². The van der Waals surface area contributed by atoms with E-state index >= 15 is 0 Å². The monoisotopic (exact) mass is 204 g/mol. The lowest BCUT2D eigenvalue weighted by Crippen LogP contribution is -2.14. The van der Waals surface area contributed by atoms with E-state index in [-0.39, 0.29) is 19.4 Å². The fourth-order valence-electron chi connectivity index (χ4n) is 0.652. The van der Waals surface area contributed by atoms with Crippen LogP contribution in [0.1, 0.15) is 19.8 Å². The minimum atomic E-state index is -1.23. The van der Waals surface area contributed by atoms with Gasteiger partial charge in [-0.1, -0.05) is 0 Å². The topological polar surface area (TPSA) is 89.9 Å². The van der Waals surface area contributed by atoms with E-state index in [0.717, 1.165) is 0 Å².